The van der Waals surface area contributed by atoms with Gasteiger partial charge in [-0.1, -0.05) is 0 Å². The van der Waals surface area contributed by atoms with Crippen LogP contribution in [0.3, 0.4) is 0 Å². The summed E-state index contributed by atoms with van der Waals surface area (Å²) in [4.78, 5) is 32.0. The Labute approximate surface area is 167 Å². The summed E-state index contributed by atoms with van der Waals surface area (Å²) in [6.07, 6.45) is 1.83. The second kappa shape index (κ2) is 7.63. The van der Waals surface area contributed by atoms with Gasteiger partial charge in [-0.05, 0) is 61.5 Å². The summed E-state index contributed by atoms with van der Waals surface area (Å²) in [5, 5.41) is 2.88. The van der Waals surface area contributed by atoms with Crippen LogP contribution in [0.15, 0.2) is 60.8 Å². The topological polar surface area (TPSA) is 89.0 Å². The van der Waals surface area contributed by atoms with E-state index < -0.39 is 0 Å². The molecule has 0 saturated heterocycles. The fourth-order valence-corrected chi connectivity index (χ4v) is 3.09. The van der Waals surface area contributed by atoms with Gasteiger partial charge in [-0.25, -0.2) is 9.78 Å². The summed E-state index contributed by atoms with van der Waals surface area (Å²) < 4.78 is 6.80. The molecule has 0 saturated carbocycles. The Kier molecular flexibility index (Phi) is 4.87. The molecule has 146 valence electrons. The SMILES string of the molecule is CCOC(=O)c1ccc2nc(-c3ccc(NC(=O)c4cccn4C)cc3)[nH]c2c1. The number of aryl methyl sites for hydroxylation is 1. The number of benzene rings is 2. The number of nitrogens with zero attached hydrogens (tertiary/aromatic N) is 2. The first kappa shape index (κ1) is 18.5. The molecule has 4 aromatic rings. The number of carbonyl (C=O) groups is 2. The average molecular weight is 388 g/mol. The van der Waals surface area contributed by atoms with Gasteiger partial charge in [-0.3, -0.25) is 4.79 Å². The maximum atomic E-state index is 12.3. The minimum Gasteiger partial charge on any atom is -0.462 e. The second-order valence-corrected chi connectivity index (χ2v) is 6.57. The number of fused-ring (bicyclic) bond motifs is 1. The van der Waals surface area contributed by atoms with Crippen LogP contribution in [0.5, 0.6) is 0 Å². The van der Waals surface area contributed by atoms with Gasteiger partial charge >= 0.3 is 5.97 Å². The molecular weight excluding hydrogens is 368 g/mol. The lowest BCUT2D eigenvalue weighted by molar-refractivity contribution is 0.0526. The van der Waals surface area contributed by atoms with Crippen LogP contribution in [0.4, 0.5) is 5.69 Å². The van der Waals surface area contributed by atoms with Crippen molar-refractivity contribution in [2.75, 3.05) is 11.9 Å². The van der Waals surface area contributed by atoms with Gasteiger partial charge in [0.05, 0.1) is 23.2 Å². The molecule has 0 spiro atoms. The largest absolute Gasteiger partial charge is 0.462 e. The summed E-state index contributed by atoms with van der Waals surface area (Å²) in [6, 6.07) is 16.2. The molecule has 0 fully saturated rings. The quantitative estimate of drug-likeness (QED) is 0.506. The zero-order chi connectivity index (χ0) is 20.4. The Morgan fingerprint density at radius 1 is 1.14 bits per heavy atom. The number of hydrogen-bond donors (Lipinski definition) is 2. The summed E-state index contributed by atoms with van der Waals surface area (Å²) in [5.74, 6) is 0.158. The van der Waals surface area contributed by atoms with Crippen molar-refractivity contribution in [3.8, 4) is 11.4 Å². The standard InChI is InChI=1S/C22H20N4O3/c1-3-29-22(28)15-8-11-17-18(13-15)25-20(24-17)14-6-9-16(10-7-14)23-21(27)19-5-4-12-26(19)2/h4-13H,3H2,1-2H3,(H,23,27)(H,24,25). The Morgan fingerprint density at radius 3 is 2.62 bits per heavy atom. The molecule has 2 aromatic carbocycles. The number of H-pyrrole nitrogens is 1. The molecule has 2 N–H and O–H groups in total. The molecule has 7 nitrogen and oxygen atoms in total. The minimum atomic E-state index is -0.358. The van der Waals surface area contributed by atoms with Crippen LogP contribution < -0.4 is 5.32 Å². The Hall–Kier alpha value is -3.87. The third-order valence-corrected chi connectivity index (χ3v) is 4.59. The van der Waals surface area contributed by atoms with E-state index in [9.17, 15) is 9.59 Å². The smallest absolute Gasteiger partial charge is 0.338 e. The number of aromatic amines is 1. The number of imidazole rings is 1. The van der Waals surface area contributed by atoms with Gasteiger partial charge in [0, 0.05) is 24.5 Å². The van der Waals surface area contributed by atoms with Crippen molar-refractivity contribution in [3.05, 3.63) is 72.1 Å². The first-order chi connectivity index (χ1) is 14.0. The molecule has 2 heterocycles. The molecular formula is C22H20N4O3. The van der Waals surface area contributed by atoms with Crippen LogP contribution in [0.1, 0.15) is 27.8 Å². The van der Waals surface area contributed by atoms with E-state index in [4.69, 9.17) is 4.74 Å². The summed E-state index contributed by atoms with van der Waals surface area (Å²) >= 11 is 0. The van der Waals surface area contributed by atoms with Crippen molar-refractivity contribution in [3.63, 3.8) is 0 Å². The molecule has 0 radical (unpaired) electrons. The lowest BCUT2D eigenvalue weighted by Gasteiger charge is -2.06. The van der Waals surface area contributed by atoms with E-state index in [1.165, 1.54) is 0 Å². The molecule has 4 rings (SSSR count). The summed E-state index contributed by atoms with van der Waals surface area (Å²) in [7, 11) is 1.83. The fourth-order valence-electron chi connectivity index (χ4n) is 3.09. The van der Waals surface area contributed by atoms with Gasteiger partial charge in [-0.15, -0.1) is 0 Å². The minimum absolute atomic E-state index is 0.166. The van der Waals surface area contributed by atoms with Gasteiger partial charge in [-0.2, -0.15) is 0 Å². The molecule has 0 aliphatic carbocycles. The molecule has 29 heavy (non-hydrogen) atoms. The zero-order valence-electron chi connectivity index (χ0n) is 16.1. The highest BCUT2D eigenvalue weighted by Gasteiger charge is 2.12. The number of ether oxygens (including phenoxy) is 1. The normalized spacial score (nSPS) is 10.8. The van der Waals surface area contributed by atoms with E-state index in [1.54, 1.807) is 35.8 Å². The lowest BCUT2D eigenvalue weighted by atomic mass is 10.2. The number of hydrogen-bond acceptors (Lipinski definition) is 4. The Bertz CT molecular complexity index is 1190. The van der Waals surface area contributed by atoms with Crippen molar-refractivity contribution in [2.24, 2.45) is 7.05 Å². The summed E-state index contributed by atoms with van der Waals surface area (Å²) in [5.41, 5.74) is 4.15. The number of nitrogens with one attached hydrogen (secondary N) is 2. The third kappa shape index (κ3) is 3.75. The van der Waals surface area contributed by atoms with Gasteiger partial charge < -0.3 is 19.6 Å². The third-order valence-electron chi connectivity index (χ3n) is 4.59. The fraction of sp³-hybridized carbons (Fsp3) is 0.136. The molecule has 2 aromatic heterocycles. The van der Waals surface area contributed by atoms with Gasteiger partial charge in [0.15, 0.2) is 0 Å². The first-order valence-corrected chi connectivity index (χ1v) is 9.25. The predicted molar refractivity (Wildman–Crippen MR) is 111 cm³/mol. The molecule has 1 amide bonds. The maximum absolute atomic E-state index is 12.3. The molecule has 0 bridgehead atoms. The van der Waals surface area contributed by atoms with E-state index in [0.29, 0.717) is 29.4 Å². The van der Waals surface area contributed by atoms with Gasteiger partial charge in [0.1, 0.15) is 11.5 Å². The molecule has 0 aliphatic rings. The predicted octanol–water partition coefficient (Wildman–Crippen LogP) is 4.00. The van der Waals surface area contributed by atoms with E-state index in [-0.39, 0.29) is 11.9 Å². The maximum Gasteiger partial charge on any atom is 0.338 e. The van der Waals surface area contributed by atoms with Crippen molar-refractivity contribution >= 4 is 28.6 Å². The number of anilines is 1. The van der Waals surface area contributed by atoms with Crippen molar-refractivity contribution in [1.29, 1.82) is 0 Å². The van der Waals surface area contributed by atoms with E-state index in [2.05, 4.69) is 15.3 Å². The molecule has 7 heteroatoms. The van der Waals surface area contributed by atoms with E-state index in [1.807, 2.05) is 43.6 Å². The molecule has 0 aliphatic heterocycles. The monoisotopic (exact) mass is 388 g/mol. The molecule has 0 atom stereocenters. The van der Waals surface area contributed by atoms with Crippen LogP contribution in [-0.4, -0.2) is 33.0 Å². The highest BCUT2D eigenvalue weighted by atomic mass is 16.5. The van der Waals surface area contributed by atoms with Crippen LogP contribution >= 0.6 is 0 Å². The number of carbonyl (C=O) groups excluding carboxylic acids is 2. The van der Waals surface area contributed by atoms with Crippen molar-refractivity contribution in [2.45, 2.75) is 6.92 Å². The van der Waals surface area contributed by atoms with E-state index in [0.717, 1.165) is 16.6 Å². The summed E-state index contributed by atoms with van der Waals surface area (Å²) in [6.45, 7) is 2.11. The zero-order valence-corrected chi connectivity index (χ0v) is 16.1. The van der Waals surface area contributed by atoms with Crippen LogP contribution in [0.2, 0.25) is 0 Å². The number of amides is 1. The van der Waals surface area contributed by atoms with Gasteiger partial charge in [0.2, 0.25) is 0 Å². The second-order valence-electron chi connectivity index (χ2n) is 6.57. The number of aromatic nitrogens is 3. The highest BCUT2D eigenvalue weighted by molar-refractivity contribution is 6.03. The van der Waals surface area contributed by atoms with Crippen LogP contribution in [-0.2, 0) is 11.8 Å². The van der Waals surface area contributed by atoms with Crippen LogP contribution in [0, 0.1) is 0 Å². The van der Waals surface area contributed by atoms with Gasteiger partial charge in [0.25, 0.3) is 5.91 Å². The van der Waals surface area contributed by atoms with Crippen LogP contribution in [0.25, 0.3) is 22.4 Å². The highest BCUT2D eigenvalue weighted by Crippen LogP contribution is 2.23. The van der Waals surface area contributed by atoms with E-state index >= 15 is 0 Å². The average Bonchev–Trinajstić information content (AvgIpc) is 3.34. The number of rotatable bonds is 5. The Balaban J connectivity index is 1.54. The number of esters is 1. The van der Waals surface area contributed by atoms with Crippen molar-refractivity contribution < 1.29 is 14.3 Å². The first-order valence-electron chi connectivity index (χ1n) is 9.25. The molecule has 0 unspecified atom stereocenters. The Morgan fingerprint density at radius 2 is 1.93 bits per heavy atom. The lowest BCUT2D eigenvalue weighted by Crippen LogP contribution is -2.15. The van der Waals surface area contributed by atoms with Crippen molar-refractivity contribution in [1.82, 2.24) is 14.5 Å².